The second kappa shape index (κ2) is 5.02. The third kappa shape index (κ3) is 2.61. The molecule has 0 saturated heterocycles. The average Bonchev–Trinajstić information content (AvgIpc) is 2.85. The van der Waals surface area contributed by atoms with Crippen molar-refractivity contribution in [2.24, 2.45) is 0 Å². The van der Waals surface area contributed by atoms with Crippen LogP contribution in [0.2, 0.25) is 0 Å². The number of hydrogen-bond acceptors (Lipinski definition) is 6. The van der Waals surface area contributed by atoms with Gasteiger partial charge in [-0.15, -0.1) is 11.8 Å². The number of fused-ring (bicyclic) bond motifs is 1. The van der Waals surface area contributed by atoms with Crippen molar-refractivity contribution in [3.05, 3.63) is 51.9 Å². The first-order chi connectivity index (χ1) is 9.22. The van der Waals surface area contributed by atoms with Gasteiger partial charge >= 0.3 is 0 Å². The molecule has 0 radical (unpaired) electrons. The highest BCUT2D eigenvalue weighted by Crippen LogP contribution is 2.23. The molecule has 0 spiro atoms. The minimum absolute atomic E-state index is 0.144. The van der Waals surface area contributed by atoms with E-state index in [1.807, 2.05) is 24.3 Å². The molecule has 3 rings (SSSR count). The molecule has 0 bridgehead atoms. The number of nitrogen functional groups attached to an aromatic ring is 1. The van der Waals surface area contributed by atoms with E-state index >= 15 is 0 Å². The Morgan fingerprint density at radius 3 is 3.11 bits per heavy atom. The van der Waals surface area contributed by atoms with E-state index in [1.165, 1.54) is 21.9 Å². The molecule has 0 aliphatic carbocycles. The predicted octanol–water partition coefficient (Wildman–Crippen LogP) is 2.03. The van der Waals surface area contributed by atoms with Crippen molar-refractivity contribution in [1.29, 1.82) is 0 Å². The normalized spacial score (nSPS) is 10.9. The zero-order valence-electron chi connectivity index (χ0n) is 9.81. The molecule has 0 unspecified atom stereocenters. The zero-order valence-corrected chi connectivity index (χ0v) is 11.4. The van der Waals surface area contributed by atoms with Crippen LogP contribution < -0.4 is 11.3 Å². The summed E-state index contributed by atoms with van der Waals surface area (Å²) >= 11 is 2.95. The van der Waals surface area contributed by atoms with Crippen LogP contribution in [-0.2, 0) is 5.75 Å². The highest BCUT2D eigenvalue weighted by atomic mass is 32.2. The fourth-order valence-electron chi connectivity index (χ4n) is 1.64. The molecule has 2 N–H and O–H groups in total. The molecule has 19 heavy (non-hydrogen) atoms. The molecule has 2 aromatic heterocycles. The molecule has 0 amide bonds. The molecular formula is C12H10N4OS2. The molecule has 7 heteroatoms. The van der Waals surface area contributed by atoms with Crippen LogP contribution in [0.15, 0.2) is 45.5 Å². The van der Waals surface area contributed by atoms with Gasteiger partial charge in [0.25, 0.3) is 5.56 Å². The number of nitrogens with zero attached hydrogens (tertiary/aromatic N) is 3. The van der Waals surface area contributed by atoms with Crippen LogP contribution in [0.1, 0.15) is 5.69 Å². The van der Waals surface area contributed by atoms with Crippen molar-refractivity contribution in [3.63, 3.8) is 0 Å². The van der Waals surface area contributed by atoms with Gasteiger partial charge in [0.2, 0.25) is 4.96 Å². The molecule has 0 aliphatic heterocycles. The summed E-state index contributed by atoms with van der Waals surface area (Å²) in [6.45, 7) is 0. The Labute approximate surface area is 117 Å². The van der Waals surface area contributed by atoms with Crippen LogP contribution in [0, 0.1) is 0 Å². The van der Waals surface area contributed by atoms with E-state index in [1.54, 1.807) is 17.3 Å². The van der Waals surface area contributed by atoms with Crippen molar-refractivity contribution in [2.45, 2.75) is 10.6 Å². The maximum absolute atomic E-state index is 11.8. The standard InChI is InChI=1S/C12H10N4OS2/c13-8-2-1-3-10(4-8)18-6-9-5-11(17)16-12(15-9)19-7-14-16/h1-5,7H,6,13H2. The van der Waals surface area contributed by atoms with Gasteiger partial charge in [-0.05, 0) is 18.2 Å². The fourth-order valence-corrected chi connectivity index (χ4v) is 3.14. The van der Waals surface area contributed by atoms with E-state index in [-0.39, 0.29) is 5.56 Å². The molecule has 2 heterocycles. The smallest absolute Gasteiger partial charge is 0.275 e. The van der Waals surface area contributed by atoms with Crippen molar-refractivity contribution in [2.75, 3.05) is 5.73 Å². The Hall–Kier alpha value is -1.86. The number of nitrogens with two attached hydrogens (primary N) is 1. The van der Waals surface area contributed by atoms with Gasteiger partial charge in [-0.2, -0.15) is 9.61 Å². The van der Waals surface area contributed by atoms with Gasteiger partial charge in [0.1, 0.15) is 5.51 Å². The maximum Gasteiger partial charge on any atom is 0.275 e. The van der Waals surface area contributed by atoms with Crippen molar-refractivity contribution in [1.82, 2.24) is 14.6 Å². The first kappa shape index (κ1) is 12.2. The Morgan fingerprint density at radius 2 is 2.26 bits per heavy atom. The monoisotopic (exact) mass is 290 g/mol. The summed E-state index contributed by atoms with van der Waals surface area (Å²) in [5.41, 5.74) is 8.67. The van der Waals surface area contributed by atoms with Crippen LogP contribution in [-0.4, -0.2) is 14.6 Å². The van der Waals surface area contributed by atoms with Gasteiger partial charge in [0.05, 0.1) is 5.69 Å². The number of rotatable bonds is 3. The summed E-state index contributed by atoms with van der Waals surface area (Å²) in [6, 6.07) is 9.16. The van der Waals surface area contributed by atoms with Gasteiger partial charge in [-0.3, -0.25) is 4.79 Å². The van der Waals surface area contributed by atoms with E-state index < -0.39 is 0 Å². The van der Waals surface area contributed by atoms with E-state index in [0.29, 0.717) is 10.7 Å². The van der Waals surface area contributed by atoms with E-state index in [9.17, 15) is 4.79 Å². The van der Waals surface area contributed by atoms with Crippen molar-refractivity contribution in [3.8, 4) is 0 Å². The van der Waals surface area contributed by atoms with Gasteiger partial charge in [-0.1, -0.05) is 17.4 Å². The topological polar surface area (TPSA) is 73.3 Å². The maximum atomic E-state index is 11.8. The lowest BCUT2D eigenvalue weighted by molar-refractivity contribution is 0.888. The number of hydrogen-bond donors (Lipinski definition) is 1. The first-order valence-electron chi connectivity index (χ1n) is 5.53. The van der Waals surface area contributed by atoms with Crippen LogP contribution in [0.4, 0.5) is 5.69 Å². The third-order valence-corrected chi connectivity index (χ3v) is 4.19. The molecule has 0 atom stereocenters. The lowest BCUT2D eigenvalue weighted by Gasteiger charge is -2.02. The summed E-state index contributed by atoms with van der Waals surface area (Å²) < 4.78 is 1.30. The van der Waals surface area contributed by atoms with E-state index in [2.05, 4.69) is 10.1 Å². The Kier molecular flexibility index (Phi) is 3.22. The molecule has 1 aromatic carbocycles. The second-order valence-corrected chi connectivity index (χ2v) is 5.74. The highest BCUT2D eigenvalue weighted by molar-refractivity contribution is 7.98. The van der Waals surface area contributed by atoms with Gasteiger partial charge in [-0.25, -0.2) is 4.98 Å². The van der Waals surface area contributed by atoms with Gasteiger partial charge < -0.3 is 5.73 Å². The summed E-state index contributed by atoms with van der Waals surface area (Å²) in [6.07, 6.45) is 0. The zero-order chi connectivity index (χ0) is 13.2. The Morgan fingerprint density at radius 1 is 1.37 bits per heavy atom. The lowest BCUT2D eigenvalue weighted by Crippen LogP contribution is -2.14. The minimum Gasteiger partial charge on any atom is -0.399 e. The summed E-state index contributed by atoms with van der Waals surface area (Å²) in [7, 11) is 0. The average molecular weight is 290 g/mol. The predicted molar refractivity (Wildman–Crippen MR) is 77.5 cm³/mol. The van der Waals surface area contributed by atoms with Crippen LogP contribution in [0.5, 0.6) is 0 Å². The van der Waals surface area contributed by atoms with Crippen LogP contribution in [0.3, 0.4) is 0 Å². The van der Waals surface area contributed by atoms with E-state index in [4.69, 9.17) is 5.73 Å². The minimum atomic E-state index is -0.144. The molecule has 3 aromatic rings. The molecule has 0 fully saturated rings. The number of thioether (sulfide) groups is 1. The first-order valence-corrected chi connectivity index (χ1v) is 7.40. The molecule has 0 saturated carbocycles. The van der Waals surface area contributed by atoms with Crippen LogP contribution in [0.25, 0.3) is 4.96 Å². The van der Waals surface area contributed by atoms with Gasteiger partial charge in [0, 0.05) is 22.4 Å². The molecule has 5 nitrogen and oxygen atoms in total. The fraction of sp³-hybridized carbons (Fsp3) is 0.0833. The third-order valence-electron chi connectivity index (χ3n) is 2.48. The Bertz CT molecular complexity index is 780. The summed E-state index contributed by atoms with van der Waals surface area (Å²) in [5.74, 6) is 0.632. The Balaban J connectivity index is 1.83. The number of benzene rings is 1. The van der Waals surface area contributed by atoms with E-state index in [0.717, 1.165) is 16.3 Å². The SMILES string of the molecule is Nc1cccc(SCc2cc(=O)n3ncsc3n2)c1. The van der Waals surface area contributed by atoms with Gasteiger partial charge in [0.15, 0.2) is 0 Å². The van der Waals surface area contributed by atoms with Crippen LogP contribution >= 0.6 is 23.1 Å². The lowest BCUT2D eigenvalue weighted by atomic mass is 10.3. The van der Waals surface area contributed by atoms with Crippen molar-refractivity contribution >= 4 is 33.7 Å². The second-order valence-electron chi connectivity index (χ2n) is 3.88. The highest BCUT2D eigenvalue weighted by Gasteiger charge is 2.05. The summed E-state index contributed by atoms with van der Waals surface area (Å²) in [4.78, 5) is 17.8. The number of anilines is 1. The largest absolute Gasteiger partial charge is 0.399 e. The molecular weight excluding hydrogens is 280 g/mol. The molecule has 0 aliphatic rings. The molecule has 96 valence electrons. The quantitative estimate of drug-likeness (QED) is 0.590. The summed E-state index contributed by atoms with van der Waals surface area (Å²) in [5, 5.41) is 3.93. The number of aromatic nitrogens is 3. The van der Waals surface area contributed by atoms with Crippen molar-refractivity contribution < 1.29 is 0 Å².